The van der Waals surface area contributed by atoms with Crippen molar-refractivity contribution >= 4 is 0 Å². The third-order valence-electron chi connectivity index (χ3n) is 1.67. The maximum Gasteiger partial charge on any atom is 0.417 e. The first-order valence-corrected chi connectivity index (χ1v) is 4.19. The van der Waals surface area contributed by atoms with Gasteiger partial charge in [0.1, 0.15) is 6.61 Å². The van der Waals surface area contributed by atoms with Crippen molar-refractivity contribution < 1.29 is 17.9 Å². The highest BCUT2D eigenvalue weighted by Crippen LogP contribution is 2.31. The first-order valence-electron chi connectivity index (χ1n) is 4.19. The zero-order valence-electron chi connectivity index (χ0n) is 8.06. The quantitative estimate of drug-likeness (QED) is 0.653. The first-order chi connectivity index (χ1) is 7.05. The Labute approximate surface area is 85.9 Å². The van der Waals surface area contributed by atoms with Crippen molar-refractivity contribution in [3.63, 3.8) is 0 Å². The molecule has 0 bridgehead atoms. The summed E-state index contributed by atoms with van der Waals surface area (Å²) in [5.74, 6) is 4.92. The highest BCUT2D eigenvalue weighted by Gasteiger charge is 2.32. The number of ether oxygens (including phenoxy) is 1. The lowest BCUT2D eigenvalue weighted by Crippen LogP contribution is -2.07. The Morgan fingerprint density at radius 3 is 2.53 bits per heavy atom. The summed E-state index contributed by atoms with van der Waals surface area (Å²) in [5, 5.41) is 0. The second kappa shape index (κ2) is 4.85. The minimum Gasteiger partial charge on any atom is -0.372 e. The lowest BCUT2D eigenvalue weighted by molar-refractivity contribution is -0.137. The number of alkyl halides is 3. The highest BCUT2D eigenvalue weighted by atomic mass is 19.4. The third kappa shape index (κ3) is 3.30. The van der Waals surface area contributed by atoms with Gasteiger partial charge < -0.3 is 4.74 Å². The zero-order valence-corrected chi connectivity index (χ0v) is 8.06. The summed E-state index contributed by atoms with van der Waals surface area (Å²) in [4.78, 5) is 0. The van der Waals surface area contributed by atoms with Gasteiger partial charge in [-0.2, -0.15) is 13.2 Å². The molecule has 0 aliphatic heterocycles. The van der Waals surface area contributed by atoms with Crippen molar-refractivity contribution in [2.75, 3.05) is 13.7 Å². The van der Waals surface area contributed by atoms with Crippen molar-refractivity contribution in [2.45, 2.75) is 6.18 Å². The monoisotopic (exact) mass is 214 g/mol. The van der Waals surface area contributed by atoms with Crippen LogP contribution < -0.4 is 0 Å². The molecular weight excluding hydrogens is 205 g/mol. The molecule has 0 spiro atoms. The molecule has 1 nitrogen and oxygen atoms in total. The van der Waals surface area contributed by atoms with E-state index in [1.165, 1.54) is 25.3 Å². The highest BCUT2D eigenvalue weighted by molar-refractivity contribution is 5.42. The Bertz CT molecular complexity index is 385. The summed E-state index contributed by atoms with van der Waals surface area (Å²) in [6, 6.07) is 5.21. The summed E-state index contributed by atoms with van der Waals surface area (Å²) in [5.41, 5.74) is -0.740. The molecule has 1 aromatic rings. The second-order valence-electron chi connectivity index (χ2n) is 2.78. The van der Waals surface area contributed by atoms with Gasteiger partial charge in [0, 0.05) is 12.7 Å². The molecular formula is C11H9F3O. The van der Waals surface area contributed by atoms with E-state index in [2.05, 4.69) is 16.6 Å². The van der Waals surface area contributed by atoms with Crippen LogP contribution in [0, 0.1) is 11.8 Å². The van der Waals surface area contributed by atoms with Crippen molar-refractivity contribution in [3.05, 3.63) is 35.4 Å². The van der Waals surface area contributed by atoms with Gasteiger partial charge in [-0.05, 0) is 12.1 Å². The zero-order chi connectivity index (χ0) is 11.3. The topological polar surface area (TPSA) is 9.23 Å². The summed E-state index contributed by atoms with van der Waals surface area (Å²) < 4.78 is 42.0. The normalized spacial score (nSPS) is 10.7. The van der Waals surface area contributed by atoms with E-state index in [4.69, 9.17) is 0 Å². The average Bonchev–Trinajstić information content (AvgIpc) is 2.17. The van der Waals surface area contributed by atoms with Crippen molar-refractivity contribution in [3.8, 4) is 11.8 Å². The predicted octanol–water partition coefficient (Wildman–Crippen LogP) is 2.70. The van der Waals surface area contributed by atoms with E-state index in [0.717, 1.165) is 6.07 Å². The number of hydrogen-bond donors (Lipinski definition) is 0. The van der Waals surface area contributed by atoms with Crippen LogP contribution in [0.25, 0.3) is 0 Å². The van der Waals surface area contributed by atoms with E-state index in [-0.39, 0.29) is 12.2 Å². The van der Waals surface area contributed by atoms with Gasteiger partial charge in [0.2, 0.25) is 0 Å². The van der Waals surface area contributed by atoms with Gasteiger partial charge in [0.25, 0.3) is 0 Å². The SMILES string of the molecule is COCC#Cc1ccccc1C(F)(F)F. The molecule has 80 valence electrons. The lowest BCUT2D eigenvalue weighted by Gasteiger charge is -2.07. The van der Waals surface area contributed by atoms with Crippen LogP contribution in [0.5, 0.6) is 0 Å². The van der Waals surface area contributed by atoms with E-state index >= 15 is 0 Å². The van der Waals surface area contributed by atoms with Gasteiger partial charge >= 0.3 is 6.18 Å². The smallest absolute Gasteiger partial charge is 0.372 e. The van der Waals surface area contributed by atoms with Gasteiger partial charge in [-0.1, -0.05) is 24.0 Å². The number of benzene rings is 1. The first kappa shape index (κ1) is 11.6. The molecule has 0 saturated carbocycles. The summed E-state index contributed by atoms with van der Waals surface area (Å²) >= 11 is 0. The molecule has 0 unspecified atom stereocenters. The van der Waals surface area contributed by atoms with Crippen molar-refractivity contribution in [2.24, 2.45) is 0 Å². The fourth-order valence-electron chi connectivity index (χ4n) is 1.04. The largest absolute Gasteiger partial charge is 0.417 e. The number of halogens is 3. The number of methoxy groups -OCH3 is 1. The fourth-order valence-corrected chi connectivity index (χ4v) is 1.04. The van der Waals surface area contributed by atoms with Crippen LogP contribution in [0.3, 0.4) is 0 Å². The van der Waals surface area contributed by atoms with E-state index in [1.54, 1.807) is 0 Å². The fraction of sp³-hybridized carbons (Fsp3) is 0.273. The third-order valence-corrected chi connectivity index (χ3v) is 1.67. The van der Waals surface area contributed by atoms with Crippen LogP contribution in [0.4, 0.5) is 13.2 Å². The predicted molar refractivity (Wildman–Crippen MR) is 50.2 cm³/mol. The van der Waals surface area contributed by atoms with Crippen LogP contribution in [0.2, 0.25) is 0 Å². The Morgan fingerprint density at radius 2 is 1.93 bits per heavy atom. The van der Waals surface area contributed by atoms with Crippen LogP contribution in [-0.4, -0.2) is 13.7 Å². The second-order valence-corrected chi connectivity index (χ2v) is 2.78. The Morgan fingerprint density at radius 1 is 1.27 bits per heavy atom. The molecule has 4 heteroatoms. The molecule has 1 rings (SSSR count). The number of hydrogen-bond acceptors (Lipinski definition) is 1. The Balaban J connectivity index is 3.04. The Hall–Kier alpha value is -1.47. The molecule has 15 heavy (non-hydrogen) atoms. The van der Waals surface area contributed by atoms with Gasteiger partial charge in [0.05, 0.1) is 5.56 Å². The summed E-state index contributed by atoms with van der Waals surface area (Å²) in [6.45, 7) is 0.117. The molecule has 0 aliphatic rings. The Kier molecular flexibility index (Phi) is 3.75. The van der Waals surface area contributed by atoms with Gasteiger partial charge in [-0.15, -0.1) is 0 Å². The van der Waals surface area contributed by atoms with E-state index in [9.17, 15) is 13.2 Å². The maximum atomic E-state index is 12.5. The lowest BCUT2D eigenvalue weighted by atomic mass is 10.1. The molecule has 0 fully saturated rings. The standard InChI is InChI=1S/C11H9F3O/c1-15-8-4-6-9-5-2-3-7-10(9)11(12,13)14/h2-3,5,7H,8H2,1H3. The minimum atomic E-state index is -4.36. The molecule has 0 amide bonds. The van der Waals surface area contributed by atoms with Crippen LogP contribution in [0.1, 0.15) is 11.1 Å². The molecule has 0 atom stereocenters. The number of rotatable bonds is 1. The van der Waals surface area contributed by atoms with Crippen LogP contribution in [0.15, 0.2) is 24.3 Å². The summed E-state index contributed by atoms with van der Waals surface area (Å²) in [6.07, 6.45) is -4.36. The molecule has 0 aliphatic carbocycles. The van der Waals surface area contributed by atoms with Crippen molar-refractivity contribution in [1.29, 1.82) is 0 Å². The molecule has 0 aromatic heterocycles. The van der Waals surface area contributed by atoms with Crippen LogP contribution >= 0.6 is 0 Å². The van der Waals surface area contributed by atoms with E-state index in [0.29, 0.717) is 0 Å². The molecule has 1 aromatic carbocycles. The minimum absolute atomic E-state index is 0.0259. The van der Waals surface area contributed by atoms with Crippen LogP contribution in [-0.2, 0) is 10.9 Å². The molecule has 0 radical (unpaired) electrons. The van der Waals surface area contributed by atoms with Gasteiger partial charge in [-0.3, -0.25) is 0 Å². The van der Waals surface area contributed by atoms with E-state index < -0.39 is 11.7 Å². The average molecular weight is 214 g/mol. The van der Waals surface area contributed by atoms with Crippen molar-refractivity contribution in [1.82, 2.24) is 0 Å². The summed E-state index contributed by atoms with van der Waals surface area (Å²) in [7, 11) is 1.43. The molecule has 0 saturated heterocycles. The van der Waals surface area contributed by atoms with E-state index in [1.807, 2.05) is 0 Å². The molecule has 0 heterocycles. The van der Waals surface area contributed by atoms with Gasteiger partial charge in [0.15, 0.2) is 0 Å². The van der Waals surface area contributed by atoms with Gasteiger partial charge in [-0.25, -0.2) is 0 Å². The maximum absolute atomic E-state index is 12.5. The molecule has 0 N–H and O–H groups in total.